The van der Waals surface area contributed by atoms with E-state index in [1.807, 2.05) is 24.3 Å². The zero-order valence-corrected chi connectivity index (χ0v) is 14.1. The Morgan fingerprint density at radius 2 is 1.92 bits per heavy atom. The van der Waals surface area contributed by atoms with E-state index in [0.29, 0.717) is 19.5 Å². The molecule has 1 aromatic carbocycles. The molecule has 2 aliphatic rings. The average Bonchev–Trinajstić information content (AvgIpc) is 2.60. The van der Waals surface area contributed by atoms with Crippen molar-refractivity contribution in [1.29, 1.82) is 0 Å². The third-order valence-corrected chi connectivity index (χ3v) is 5.15. The lowest BCUT2D eigenvalue weighted by molar-refractivity contribution is -0.122. The quantitative estimate of drug-likeness (QED) is 0.869. The molecule has 0 spiro atoms. The Hall–Kier alpha value is -1.88. The van der Waals surface area contributed by atoms with E-state index in [9.17, 15) is 14.7 Å². The number of nitrogens with zero attached hydrogens (tertiary/aromatic N) is 1. The normalized spacial score (nSPS) is 19.7. The molecule has 5 heteroatoms. The minimum absolute atomic E-state index is 0.0763. The number of rotatable bonds is 5. The van der Waals surface area contributed by atoms with Gasteiger partial charge in [0.15, 0.2) is 0 Å². The largest absolute Gasteiger partial charge is 0.388 e. The third kappa shape index (κ3) is 3.96. The van der Waals surface area contributed by atoms with Gasteiger partial charge >= 0.3 is 0 Å². The number of nitrogens with one attached hydrogen (secondary N) is 1. The third-order valence-electron chi connectivity index (χ3n) is 5.15. The van der Waals surface area contributed by atoms with Crippen molar-refractivity contribution in [2.75, 3.05) is 18.0 Å². The number of amides is 2. The van der Waals surface area contributed by atoms with Crippen molar-refractivity contribution in [3.05, 3.63) is 29.8 Å². The molecule has 130 valence electrons. The standard InChI is InChI=1S/C19H26N2O3/c22-17(20-14-19(24)11-4-1-5-12-19)10-13-21-16-7-3-2-6-15(16)8-9-18(21)23/h2-3,6-7,24H,1,4-5,8-14H2,(H,20,22). The molecule has 1 fully saturated rings. The first kappa shape index (κ1) is 17.0. The zero-order valence-electron chi connectivity index (χ0n) is 14.1. The number of benzene rings is 1. The Labute approximate surface area is 143 Å². The number of fused-ring (bicyclic) bond motifs is 1. The molecule has 3 rings (SSSR count). The van der Waals surface area contributed by atoms with E-state index < -0.39 is 5.60 Å². The zero-order chi connectivity index (χ0) is 17.0. The Kier molecular flexibility index (Phi) is 5.19. The van der Waals surface area contributed by atoms with E-state index >= 15 is 0 Å². The van der Waals surface area contributed by atoms with Crippen LogP contribution < -0.4 is 10.2 Å². The fraction of sp³-hybridized carbons (Fsp3) is 0.579. The summed E-state index contributed by atoms with van der Waals surface area (Å²) in [7, 11) is 0. The number of aliphatic hydroxyl groups is 1. The topological polar surface area (TPSA) is 69.6 Å². The fourth-order valence-electron chi connectivity index (χ4n) is 3.69. The molecule has 0 saturated heterocycles. The molecule has 0 aromatic heterocycles. The van der Waals surface area contributed by atoms with Crippen LogP contribution in [0.2, 0.25) is 0 Å². The van der Waals surface area contributed by atoms with Crippen molar-refractivity contribution in [3.8, 4) is 0 Å². The Morgan fingerprint density at radius 1 is 1.17 bits per heavy atom. The molecule has 1 aliphatic heterocycles. The van der Waals surface area contributed by atoms with Crippen molar-refractivity contribution in [1.82, 2.24) is 5.32 Å². The summed E-state index contributed by atoms with van der Waals surface area (Å²) in [6.45, 7) is 0.705. The van der Waals surface area contributed by atoms with Gasteiger partial charge in [0.25, 0.3) is 0 Å². The molecular formula is C19H26N2O3. The monoisotopic (exact) mass is 330 g/mol. The van der Waals surface area contributed by atoms with Gasteiger partial charge < -0.3 is 15.3 Å². The lowest BCUT2D eigenvalue weighted by Gasteiger charge is -2.32. The number of para-hydroxylation sites is 1. The van der Waals surface area contributed by atoms with Crippen LogP contribution in [0.5, 0.6) is 0 Å². The molecule has 0 radical (unpaired) electrons. The lowest BCUT2D eigenvalue weighted by atomic mass is 9.85. The second-order valence-corrected chi connectivity index (χ2v) is 6.99. The fourth-order valence-corrected chi connectivity index (χ4v) is 3.69. The predicted molar refractivity (Wildman–Crippen MR) is 92.8 cm³/mol. The van der Waals surface area contributed by atoms with Crippen LogP contribution in [0, 0.1) is 0 Å². The van der Waals surface area contributed by atoms with E-state index in [1.165, 1.54) is 0 Å². The highest BCUT2D eigenvalue weighted by atomic mass is 16.3. The molecule has 0 bridgehead atoms. The van der Waals surface area contributed by atoms with E-state index in [-0.39, 0.29) is 18.2 Å². The van der Waals surface area contributed by atoms with Gasteiger partial charge in [-0.2, -0.15) is 0 Å². The molecule has 2 N–H and O–H groups in total. The van der Waals surface area contributed by atoms with Crippen LogP contribution in [0.1, 0.15) is 50.5 Å². The maximum Gasteiger partial charge on any atom is 0.227 e. The van der Waals surface area contributed by atoms with Crippen molar-refractivity contribution < 1.29 is 14.7 Å². The number of hydrogen-bond donors (Lipinski definition) is 2. The first-order valence-corrected chi connectivity index (χ1v) is 8.95. The molecule has 1 heterocycles. The van der Waals surface area contributed by atoms with Crippen molar-refractivity contribution in [2.24, 2.45) is 0 Å². The highest BCUT2D eigenvalue weighted by Crippen LogP contribution is 2.28. The number of carbonyl (C=O) groups is 2. The van der Waals surface area contributed by atoms with Crippen LogP contribution in [-0.2, 0) is 16.0 Å². The summed E-state index contributed by atoms with van der Waals surface area (Å²) in [4.78, 5) is 26.0. The predicted octanol–water partition coefficient (Wildman–Crippen LogP) is 2.17. The molecule has 1 aromatic rings. The summed E-state index contributed by atoms with van der Waals surface area (Å²) in [5, 5.41) is 13.3. The van der Waals surface area contributed by atoms with Crippen LogP contribution in [-0.4, -0.2) is 35.6 Å². The summed E-state index contributed by atoms with van der Waals surface area (Å²) in [5.41, 5.74) is 1.34. The molecule has 1 saturated carbocycles. The summed E-state index contributed by atoms with van der Waals surface area (Å²) in [6.07, 6.45) is 6.24. The Bertz CT molecular complexity index is 608. The number of hydrogen-bond acceptors (Lipinski definition) is 3. The van der Waals surface area contributed by atoms with E-state index in [0.717, 1.165) is 49.8 Å². The van der Waals surface area contributed by atoms with E-state index in [4.69, 9.17) is 0 Å². The van der Waals surface area contributed by atoms with Gasteiger partial charge in [0.05, 0.1) is 5.60 Å². The van der Waals surface area contributed by atoms with Crippen LogP contribution in [0.3, 0.4) is 0 Å². The molecule has 2 amide bonds. The summed E-state index contributed by atoms with van der Waals surface area (Å²) >= 11 is 0. The smallest absolute Gasteiger partial charge is 0.227 e. The van der Waals surface area contributed by atoms with E-state index in [1.54, 1.807) is 4.90 Å². The lowest BCUT2D eigenvalue weighted by Crippen LogP contribution is -2.45. The summed E-state index contributed by atoms with van der Waals surface area (Å²) in [5.74, 6) is -0.0303. The molecule has 0 atom stereocenters. The van der Waals surface area contributed by atoms with Crippen LogP contribution >= 0.6 is 0 Å². The van der Waals surface area contributed by atoms with Gasteiger partial charge in [0.1, 0.15) is 0 Å². The van der Waals surface area contributed by atoms with Crippen LogP contribution in [0.25, 0.3) is 0 Å². The minimum atomic E-state index is -0.749. The molecule has 5 nitrogen and oxygen atoms in total. The van der Waals surface area contributed by atoms with Crippen LogP contribution in [0.4, 0.5) is 5.69 Å². The van der Waals surface area contributed by atoms with Gasteiger partial charge in [-0.25, -0.2) is 0 Å². The first-order valence-electron chi connectivity index (χ1n) is 8.95. The van der Waals surface area contributed by atoms with Crippen molar-refractivity contribution in [2.45, 2.75) is 57.0 Å². The SMILES string of the molecule is O=C(CCN1C(=O)CCc2ccccc21)NCC1(O)CCCCC1. The molecule has 0 unspecified atom stereocenters. The minimum Gasteiger partial charge on any atom is -0.388 e. The van der Waals surface area contributed by atoms with Gasteiger partial charge in [-0.15, -0.1) is 0 Å². The first-order chi connectivity index (χ1) is 11.6. The highest BCUT2D eigenvalue weighted by Gasteiger charge is 2.29. The van der Waals surface area contributed by atoms with Gasteiger partial charge in [-0.3, -0.25) is 9.59 Å². The summed E-state index contributed by atoms with van der Waals surface area (Å²) < 4.78 is 0. The second kappa shape index (κ2) is 7.34. The van der Waals surface area contributed by atoms with Gasteiger partial charge in [0, 0.05) is 31.6 Å². The van der Waals surface area contributed by atoms with Gasteiger partial charge in [-0.05, 0) is 30.9 Å². The Balaban J connectivity index is 1.52. The maximum absolute atomic E-state index is 12.2. The molecule has 24 heavy (non-hydrogen) atoms. The van der Waals surface area contributed by atoms with Gasteiger partial charge in [-0.1, -0.05) is 37.5 Å². The second-order valence-electron chi connectivity index (χ2n) is 6.99. The van der Waals surface area contributed by atoms with Gasteiger partial charge in [0.2, 0.25) is 11.8 Å². The summed E-state index contributed by atoms with van der Waals surface area (Å²) in [6, 6.07) is 7.87. The Morgan fingerprint density at radius 3 is 2.71 bits per heavy atom. The van der Waals surface area contributed by atoms with Crippen LogP contribution in [0.15, 0.2) is 24.3 Å². The maximum atomic E-state index is 12.2. The molecular weight excluding hydrogens is 304 g/mol. The number of carbonyl (C=O) groups excluding carboxylic acids is 2. The average molecular weight is 330 g/mol. The van der Waals surface area contributed by atoms with Crippen molar-refractivity contribution >= 4 is 17.5 Å². The number of anilines is 1. The van der Waals surface area contributed by atoms with Crippen molar-refractivity contribution in [3.63, 3.8) is 0 Å². The highest BCUT2D eigenvalue weighted by molar-refractivity contribution is 5.96. The molecule has 1 aliphatic carbocycles. The number of aryl methyl sites for hydroxylation is 1. The van der Waals surface area contributed by atoms with E-state index in [2.05, 4.69) is 5.32 Å².